The highest BCUT2D eigenvalue weighted by molar-refractivity contribution is 5.21. The normalized spacial score (nSPS) is 24.4. The fourth-order valence-electron chi connectivity index (χ4n) is 3.33. The summed E-state index contributed by atoms with van der Waals surface area (Å²) in [5, 5.41) is 10.8. The number of β-amino-alcohol motifs (C(OH)–C–C–N with tert-alkyl or cyclic N) is 1. The summed E-state index contributed by atoms with van der Waals surface area (Å²) in [7, 11) is 0. The summed E-state index contributed by atoms with van der Waals surface area (Å²) in [5.74, 6) is 1.63. The molecule has 0 aliphatic carbocycles. The zero-order valence-electron chi connectivity index (χ0n) is 13.2. The summed E-state index contributed by atoms with van der Waals surface area (Å²) in [4.78, 5) is 2.44. The smallest absolute Gasteiger partial charge is 0.0994 e. The van der Waals surface area contributed by atoms with Crippen LogP contribution >= 0.6 is 0 Å². The lowest BCUT2D eigenvalue weighted by molar-refractivity contribution is 0.0164. The van der Waals surface area contributed by atoms with Crippen molar-refractivity contribution in [2.75, 3.05) is 19.6 Å². The van der Waals surface area contributed by atoms with Crippen LogP contribution in [0.25, 0.3) is 0 Å². The molecule has 0 radical (unpaired) electrons. The first-order valence-electron chi connectivity index (χ1n) is 7.99. The Morgan fingerprint density at radius 2 is 1.90 bits per heavy atom. The van der Waals surface area contributed by atoms with Crippen LogP contribution in [0.2, 0.25) is 0 Å². The molecule has 1 aliphatic heterocycles. The zero-order chi connectivity index (χ0) is 14.6. The minimum Gasteiger partial charge on any atom is -0.384 e. The molecule has 0 saturated carbocycles. The Morgan fingerprint density at radius 1 is 1.20 bits per heavy atom. The third-order valence-electron chi connectivity index (χ3n) is 4.74. The summed E-state index contributed by atoms with van der Waals surface area (Å²) in [6.07, 6.45) is 3.86. The van der Waals surface area contributed by atoms with Gasteiger partial charge in [0.05, 0.1) is 5.60 Å². The van der Waals surface area contributed by atoms with Crippen LogP contribution in [0.5, 0.6) is 0 Å². The second kappa shape index (κ2) is 6.73. The predicted octanol–water partition coefficient (Wildman–Crippen LogP) is 3.65. The Bertz CT molecular complexity index is 399. The summed E-state index contributed by atoms with van der Waals surface area (Å²) >= 11 is 0. The molecule has 2 heteroatoms. The van der Waals surface area contributed by atoms with E-state index in [0.29, 0.717) is 0 Å². The first-order valence-corrected chi connectivity index (χ1v) is 7.99. The number of hydrogen-bond donors (Lipinski definition) is 1. The second-order valence-electron chi connectivity index (χ2n) is 6.85. The van der Waals surface area contributed by atoms with E-state index in [1.54, 1.807) is 0 Å². The second-order valence-corrected chi connectivity index (χ2v) is 6.85. The van der Waals surface area contributed by atoms with E-state index >= 15 is 0 Å². The van der Waals surface area contributed by atoms with E-state index in [-0.39, 0.29) is 0 Å². The summed E-state index contributed by atoms with van der Waals surface area (Å²) < 4.78 is 0. The van der Waals surface area contributed by atoms with E-state index in [0.717, 1.165) is 37.0 Å². The standard InChI is InChI=1S/C18H29NO/c1-15(2)16-8-7-12-19(13-11-16)14-18(3,20)17-9-5-4-6-10-17/h4-6,9-10,15-16,20H,7-8,11-14H2,1-3H3. The van der Waals surface area contributed by atoms with Crippen LogP contribution in [-0.2, 0) is 5.60 Å². The van der Waals surface area contributed by atoms with Crippen molar-refractivity contribution in [1.82, 2.24) is 4.90 Å². The van der Waals surface area contributed by atoms with Gasteiger partial charge in [0.2, 0.25) is 0 Å². The molecule has 1 saturated heterocycles. The van der Waals surface area contributed by atoms with Crippen molar-refractivity contribution in [1.29, 1.82) is 0 Å². The van der Waals surface area contributed by atoms with Crippen molar-refractivity contribution < 1.29 is 5.11 Å². The molecule has 1 aromatic rings. The lowest BCUT2D eigenvalue weighted by Crippen LogP contribution is -2.39. The fraction of sp³-hybridized carbons (Fsp3) is 0.667. The molecule has 0 aromatic heterocycles. The Morgan fingerprint density at radius 3 is 2.55 bits per heavy atom. The van der Waals surface area contributed by atoms with Gasteiger partial charge in [-0.2, -0.15) is 0 Å². The molecule has 1 heterocycles. The molecule has 20 heavy (non-hydrogen) atoms. The topological polar surface area (TPSA) is 23.5 Å². The van der Waals surface area contributed by atoms with Gasteiger partial charge in [-0.05, 0) is 56.7 Å². The molecule has 2 atom stereocenters. The number of benzene rings is 1. The molecule has 2 rings (SSSR count). The third kappa shape index (κ3) is 4.07. The Kier molecular flexibility index (Phi) is 5.22. The highest BCUT2D eigenvalue weighted by Gasteiger charge is 2.28. The number of hydrogen-bond acceptors (Lipinski definition) is 2. The van der Waals surface area contributed by atoms with E-state index in [1.165, 1.54) is 19.3 Å². The van der Waals surface area contributed by atoms with Gasteiger partial charge in [-0.3, -0.25) is 0 Å². The molecule has 1 fully saturated rings. The lowest BCUT2D eigenvalue weighted by atomic mass is 9.89. The van der Waals surface area contributed by atoms with Crippen molar-refractivity contribution in [2.45, 2.75) is 45.6 Å². The zero-order valence-corrected chi connectivity index (χ0v) is 13.2. The molecule has 2 nitrogen and oxygen atoms in total. The van der Waals surface area contributed by atoms with Crippen molar-refractivity contribution in [3.05, 3.63) is 35.9 Å². The number of likely N-dealkylation sites (tertiary alicyclic amines) is 1. The van der Waals surface area contributed by atoms with E-state index in [2.05, 4.69) is 18.7 Å². The first kappa shape index (κ1) is 15.5. The van der Waals surface area contributed by atoms with E-state index < -0.39 is 5.60 Å². The van der Waals surface area contributed by atoms with Gasteiger partial charge >= 0.3 is 0 Å². The molecule has 0 bridgehead atoms. The molecule has 1 aromatic carbocycles. The molecular weight excluding hydrogens is 246 g/mol. The fourth-order valence-corrected chi connectivity index (χ4v) is 3.33. The van der Waals surface area contributed by atoms with E-state index in [4.69, 9.17) is 0 Å². The minimum absolute atomic E-state index is 0.738. The largest absolute Gasteiger partial charge is 0.384 e. The van der Waals surface area contributed by atoms with Crippen LogP contribution in [0, 0.1) is 11.8 Å². The quantitative estimate of drug-likeness (QED) is 0.906. The average molecular weight is 275 g/mol. The van der Waals surface area contributed by atoms with Crippen LogP contribution in [-0.4, -0.2) is 29.6 Å². The molecule has 1 aliphatic rings. The molecule has 0 amide bonds. The number of rotatable bonds is 4. The van der Waals surface area contributed by atoms with E-state index in [9.17, 15) is 5.11 Å². The SMILES string of the molecule is CC(C)C1CCCN(CC(C)(O)c2ccccc2)CC1. The van der Waals surface area contributed by atoms with Crippen LogP contribution < -0.4 is 0 Å². The van der Waals surface area contributed by atoms with Crippen LogP contribution in [0.3, 0.4) is 0 Å². The Balaban J connectivity index is 1.96. The Labute approximate surface area is 123 Å². The maximum Gasteiger partial charge on any atom is 0.0994 e. The van der Waals surface area contributed by atoms with Crippen molar-refractivity contribution >= 4 is 0 Å². The highest BCUT2D eigenvalue weighted by Crippen LogP contribution is 2.27. The van der Waals surface area contributed by atoms with Crippen molar-refractivity contribution in [2.24, 2.45) is 11.8 Å². The minimum atomic E-state index is -0.751. The van der Waals surface area contributed by atoms with Crippen molar-refractivity contribution in [3.63, 3.8) is 0 Å². The maximum absolute atomic E-state index is 10.8. The Hall–Kier alpha value is -0.860. The molecule has 112 valence electrons. The van der Waals surface area contributed by atoms with Gasteiger partial charge in [-0.25, -0.2) is 0 Å². The average Bonchev–Trinajstić information content (AvgIpc) is 2.65. The van der Waals surface area contributed by atoms with Gasteiger partial charge in [0, 0.05) is 6.54 Å². The van der Waals surface area contributed by atoms with Gasteiger partial charge in [0.15, 0.2) is 0 Å². The summed E-state index contributed by atoms with van der Waals surface area (Å²) in [5.41, 5.74) is 0.267. The lowest BCUT2D eigenvalue weighted by Gasteiger charge is -2.31. The van der Waals surface area contributed by atoms with Gasteiger partial charge in [0.25, 0.3) is 0 Å². The van der Waals surface area contributed by atoms with Gasteiger partial charge in [-0.1, -0.05) is 44.2 Å². The molecule has 0 spiro atoms. The predicted molar refractivity (Wildman–Crippen MR) is 84.6 cm³/mol. The molecule has 1 N–H and O–H groups in total. The van der Waals surface area contributed by atoms with Gasteiger partial charge in [-0.15, -0.1) is 0 Å². The van der Waals surface area contributed by atoms with Gasteiger partial charge in [0.1, 0.15) is 0 Å². The summed E-state index contributed by atoms with van der Waals surface area (Å²) in [6.45, 7) is 9.58. The monoisotopic (exact) mass is 275 g/mol. The summed E-state index contributed by atoms with van der Waals surface area (Å²) in [6, 6.07) is 10.0. The highest BCUT2D eigenvalue weighted by atomic mass is 16.3. The molecule has 2 unspecified atom stereocenters. The number of aliphatic hydroxyl groups is 1. The van der Waals surface area contributed by atoms with Crippen LogP contribution in [0.15, 0.2) is 30.3 Å². The van der Waals surface area contributed by atoms with Crippen LogP contribution in [0.4, 0.5) is 0 Å². The first-order chi connectivity index (χ1) is 9.49. The van der Waals surface area contributed by atoms with Crippen LogP contribution in [0.1, 0.15) is 45.6 Å². The van der Waals surface area contributed by atoms with Gasteiger partial charge < -0.3 is 10.0 Å². The third-order valence-corrected chi connectivity index (χ3v) is 4.74. The number of nitrogens with zero attached hydrogens (tertiary/aromatic N) is 1. The van der Waals surface area contributed by atoms with Crippen molar-refractivity contribution in [3.8, 4) is 0 Å². The molecular formula is C18H29NO. The maximum atomic E-state index is 10.8. The van der Waals surface area contributed by atoms with E-state index in [1.807, 2.05) is 37.3 Å².